The second-order valence-corrected chi connectivity index (χ2v) is 3.96. The highest BCUT2D eigenvalue weighted by Crippen LogP contribution is 2.18. The molecule has 0 saturated carbocycles. The third-order valence-electron chi connectivity index (χ3n) is 1.62. The van der Waals surface area contributed by atoms with Crippen LogP contribution in [0.1, 0.15) is 11.6 Å². The van der Waals surface area contributed by atoms with Crippen LogP contribution in [-0.2, 0) is 0 Å². The summed E-state index contributed by atoms with van der Waals surface area (Å²) in [5.41, 5.74) is 7.00. The molecule has 0 saturated heterocycles. The van der Waals surface area contributed by atoms with E-state index in [9.17, 15) is 0 Å². The Morgan fingerprint density at radius 3 is 2.92 bits per heavy atom. The van der Waals surface area contributed by atoms with Crippen molar-refractivity contribution >= 4 is 23.4 Å². The molecule has 1 aromatic rings. The Bertz CT molecular complexity index is 252. The van der Waals surface area contributed by atoms with Crippen molar-refractivity contribution in [3.8, 4) is 0 Å². The summed E-state index contributed by atoms with van der Waals surface area (Å²) >= 11 is 7.57. The van der Waals surface area contributed by atoms with Crippen LogP contribution in [0.4, 0.5) is 0 Å². The molecular formula is C9H12ClNS. The summed E-state index contributed by atoms with van der Waals surface area (Å²) in [6, 6.07) is 7.81. The Hall–Kier alpha value is -0.180. The molecule has 1 nitrogen and oxygen atoms in total. The lowest BCUT2D eigenvalue weighted by atomic mass is 10.1. The highest BCUT2D eigenvalue weighted by molar-refractivity contribution is 7.98. The van der Waals surface area contributed by atoms with Crippen LogP contribution in [0.5, 0.6) is 0 Å². The second-order valence-electron chi connectivity index (χ2n) is 2.62. The maximum absolute atomic E-state index is 5.89. The first-order valence-electron chi connectivity index (χ1n) is 3.74. The molecule has 1 unspecified atom stereocenters. The Balaban J connectivity index is 2.73. The third-order valence-corrected chi connectivity index (χ3v) is 2.55. The predicted molar refractivity (Wildman–Crippen MR) is 56.8 cm³/mol. The lowest BCUT2D eigenvalue weighted by Gasteiger charge is -2.09. The quantitative estimate of drug-likeness (QED) is 0.814. The molecule has 0 spiro atoms. The average Bonchev–Trinajstić information content (AvgIpc) is 2.05. The molecule has 0 aromatic heterocycles. The van der Waals surface area contributed by atoms with Crippen LogP contribution in [0.25, 0.3) is 0 Å². The summed E-state index contributed by atoms with van der Waals surface area (Å²) in [7, 11) is 0. The molecule has 1 atom stereocenters. The molecule has 0 aliphatic rings. The number of hydrogen-bond donors (Lipinski definition) is 1. The fourth-order valence-corrected chi connectivity index (χ4v) is 1.76. The molecule has 0 aliphatic carbocycles. The van der Waals surface area contributed by atoms with Gasteiger partial charge in [0.25, 0.3) is 0 Å². The Kier molecular flexibility index (Phi) is 3.92. The maximum Gasteiger partial charge on any atom is 0.0409 e. The minimum atomic E-state index is 0.0960. The fraction of sp³-hybridized carbons (Fsp3) is 0.333. The molecule has 0 fully saturated rings. The van der Waals surface area contributed by atoms with Gasteiger partial charge in [-0.15, -0.1) is 0 Å². The predicted octanol–water partition coefficient (Wildman–Crippen LogP) is 2.70. The van der Waals surface area contributed by atoms with Gasteiger partial charge in [-0.1, -0.05) is 23.7 Å². The number of rotatable bonds is 3. The van der Waals surface area contributed by atoms with Crippen molar-refractivity contribution in [2.45, 2.75) is 6.04 Å². The largest absolute Gasteiger partial charge is 0.323 e. The van der Waals surface area contributed by atoms with Gasteiger partial charge in [-0.05, 0) is 24.0 Å². The summed E-state index contributed by atoms with van der Waals surface area (Å²) in [6.07, 6.45) is 2.05. The van der Waals surface area contributed by atoms with E-state index in [-0.39, 0.29) is 6.04 Å². The standard InChI is InChI=1S/C9H12ClNS/c1-12-6-9(11)7-3-2-4-8(10)5-7/h2-5,9H,6,11H2,1H3. The zero-order valence-electron chi connectivity index (χ0n) is 6.96. The van der Waals surface area contributed by atoms with E-state index in [4.69, 9.17) is 17.3 Å². The lowest BCUT2D eigenvalue weighted by molar-refractivity contribution is 0.832. The van der Waals surface area contributed by atoms with Gasteiger partial charge in [0.05, 0.1) is 0 Å². The zero-order valence-corrected chi connectivity index (χ0v) is 8.53. The van der Waals surface area contributed by atoms with Crippen LogP contribution in [0.3, 0.4) is 0 Å². The Morgan fingerprint density at radius 2 is 2.33 bits per heavy atom. The molecular weight excluding hydrogens is 190 g/mol. The summed E-state index contributed by atoms with van der Waals surface area (Å²) < 4.78 is 0. The smallest absolute Gasteiger partial charge is 0.0409 e. The monoisotopic (exact) mass is 201 g/mol. The van der Waals surface area contributed by atoms with Crippen molar-refractivity contribution in [1.29, 1.82) is 0 Å². The van der Waals surface area contributed by atoms with Crippen LogP contribution < -0.4 is 5.73 Å². The van der Waals surface area contributed by atoms with Crippen LogP contribution in [0, 0.1) is 0 Å². The summed E-state index contributed by atoms with van der Waals surface area (Å²) in [4.78, 5) is 0. The number of halogens is 1. The Morgan fingerprint density at radius 1 is 1.58 bits per heavy atom. The van der Waals surface area contributed by atoms with Crippen molar-refractivity contribution in [2.24, 2.45) is 5.73 Å². The van der Waals surface area contributed by atoms with Crippen molar-refractivity contribution in [3.05, 3.63) is 34.9 Å². The van der Waals surface area contributed by atoms with E-state index < -0.39 is 0 Å². The fourth-order valence-electron chi connectivity index (χ4n) is 1.01. The maximum atomic E-state index is 5.89. The van der Waals surface area contributed by atoms with Gasteiger partial charge in [0.2, 0.25) is 0 Å². The molecule has 3 heteroatoms. The SMILES string of the molecule is CSCC(N)c1cccc(Cl)c1. The average molecular weight is 202 g/mol. The van der Waals surface area contributed by atoms with Gasteiger partial charge in [-0.25, -0.2) is 0 Å². The second kappa shape index (κ2) is 4.75. The third kappa shape index (κ3) is 2.70. The van der Waals surface area contributed by atoms with Crippen LogP contribution in [0.15, 0.2) is 24.3 Å². The minimum Gasteiger partial charge on any atom is -0.323 e. The van der Waals surface area contributed by atoms with Gasteiger partial charge < -0.3 is 5.73 Å². The molecule has 1 rings (SSSR count). The zero-order chi connectivity index (χ0) is 8.97. The first-order chi connectivity index (χ1) is 5.74. The lowest BCUT2D eigenvalue weighted by Crippen LogP contribution is -2.12. The first-order valence-corrected chi connectivity index (χ1v) is 5.51. The summed E-state index contributed by atoms with van der Waals surface area (Å²) in [5.74, 6) is 0.931. The van der Waals surface area contributed by atoms with Crippen LogP contribution in [0.2, 0.25) is 5.02 Å². The van der Waals surface area contributed by atoms with E-state index in [1.54, 1.807) is 11.8 Å². The van der Waals surface area contributed by atoms with Crippen molar-refractivity contribution in [3.63, 3.8) is 0 Å². The molecule has 0 heterocycles. The van der Waals surface area contributed by atoms with Crippen LogP contribution >= 0.6 is 23.4 Å². The molecule has 0 amide bonds. The van der Waals surface area contributed by atoms with Gasteiger partial charge in [0, 0.05) is 16.8 Å². The number of thioether (sulfide) groups is 1. The Labute approximate surface area is 82.3 Å². The molecule has 66 valence electrons. The van der Waals surface area contributed by atoms with E-state index in [0.717, 1.165) is 16.3 Å². The van der Waals surface area contributed by atoms with E-state index in [2.05, 4.69) is 0 Å². The van der Waals surface area contributed by atoms with Gasteiger partial charge >= 0.3 is 0 Å². The number of benzene rings is 1. The highest BCUT2D eigenvalue weighted by Gasteiger charge is 2.04. The van der Waals surface area contributed by atoms with Gasteiger partial charge in [-0.3, -0.25) is 0 Å². The van der Waals surface area contributed by atoms with Gasteiger partial charge in [-0.2, -0.15) is 11.8 Å². The normalized spacial score (nSPS) is 12.9. The minimum absolute atomic E-state index is 0.0960. The molecule has 1 aromatic carbocycles. The van der Waals surface area contributed by atoms with Gasteiger partial charge in [0.1, 0.15) is 0 Å². The van der Waals surface area contributed by atoms with Gasteiger partial charge in [0.15, 0.2) is 0 Å². The van der Waals surface area contributed by atoms with Crippen molar-refractivity contribution < 1.29 is 0 Å². The van der Waals surface area contributed by atoms with E-state index in [1.165, 1.54) is 0 Å². The topological polar surface area (TPSA) is 26.0 Å². The number of hydrogen-bond acceptors (Lipinski definition) is 2. The molecule has 0 aliphatic heterocycles. The van der Waals surface area contributed by atoms with E-state index >= 15 is 0 Å². The summed E-state index contributed by atoms with van der Waals surface area (Å²) in [6.45, 7) is 0. The number of nitrogens with two attached hydrogens (primary N) is 1. The van der Waals surface area contributed by atoms with Crippen LogP contribution in [-0.4, -0.2) is 12.0 Å². The molecule has 0 radical (unpaired) electrons. The van der Waals surface area contributed by atoms with Crippen molar-refractivity contribution in [1.82, 2.24) is 0 Å². The highest BCUT2D eigenvalue weighted by atomic mass is 35.5. The van der Waals surface area contributed by atoms with Crippen molar-refractivity contribution in [2.75, 3.05) is 12.0 Å². The van der Waals surface area contributed by atoms with E-state index in [0.29, 0.717) is 0 Å². The molecule has 0 bridgehead atoms. The molecule has 2 N–H and O–H groups in total. The molecule has 12 heavy (non-hydrogen) atoms. The first kappa shape index (κ1) is 9.90. The summed E-state index contributed by atoms with van der Waals surface area (Å²) in [5, 5.41) is 0.754. The van der Waals surface area contributed by atoms with E-state index in [1.807, 2.05) is 30.5 Å².